The maximum atomic E-state index is 12.2. The summed E-state index contributed by atoms with van der Waals surface area (Å²) in [5.41, 5.74) is 2.96. The normalized spacial score (nSPS) is 10.5. The number of hydrogen-bond donors (Lipinski definition) is 1. The van der Waals surface area contributed by atoms with Gasteiger partial charge in [0.1, 0.15) is 5.01 Å². The third-order valence-corrected chi connectivity index (χ3v) is 4.34. The minimum atomic E-state index is -0.153. The SMILES string of the molecule is Cc1cccc(C(=O)Nc2nnc(CCc3ccccc3)s2)c1. The smallest absolute Gasteiger partial charge is 0.257 e. The van der Waals surface area contributed by atoms with E-state index < -0.39 is 0 Å². The Hall–Kier alpha value is -2.53. The summed E-state index contributed by atoms with van der Waals surface area (Å²) in [7, 11) is 0. The Morgan fingerprint density at radius 2 is 1.87 bits per heavy atom. The highest BCUT2D eigenvalue weighted by molar-refractivity contribution is 7.15. The Labute approximate surface area is 139 Å². The lowest BCUT2D eigenvalue weighted by atomic mass is 10.1. The fourth-order valence-corrected chi connectivity index (χ4v) is 2.99. The summed E-state index contributed by atoms with van der Waals surface area (Å²) in [6.45, 7) is 1.96. The van der Waals surface area contributed by atoms with Crippen LogP contribution in [0.1, 0.15) is 26.5 Å². The van der Waals surface area contributed by atoms with Crippen molar-refractivity contribution in [1.29, 1.82) is 0 Å². The molecule has 0 spiro atoms. The predicted octanol–water partition coefficient (Wildman–Crippen LogP) is 3.88. The van der Waals surface area contributed by atoms with Crippen molar-refractivity contribution in [3.8, 4) is 0 Å². The van der Waals surface area contributed by atoms with Crippen molar-refractivity contribution in [2.24, 2.45) is 0 Å². The van der Waals surface area contributed by atoms with Gasteiger partial charge in [-0.25, -0.2) is 0 Å². The summed E-state index contributed by atoms with van der Waals surface area (Å²) in [5.74, 6) is -0.153. The van der Waals surface area contributed by atoms with Crippen molar-refractivity contribution in [3.05, 3.63) is 76.3 Å². The maximum Gasteiger partial charge on any atom is 0.257 e. The Bertz CT molecular complexity index is 799. The quantitative estimate of drug-likeness (QED) is 0.775. The standard InChI is InChI=1S/C18H17N3OS/c1-13-6-5-9-15(12-13)17(22)19-18-21-20-16(23-18)11-10-14-7-3-2-4-8-14/h2-9,12H,10-11H2,1H3,(H,19,21,22). The fourth-order valence-electron chi connectivity index (χ4n) is 2.26. The molecule has 1 amide bonds. The van der Waals surface area contributed by atoms with Crippen LogP contribution in [0, 0.1) is 6.92 Å². The summed E-state index contributed by atoms with van der Waals surface area (Å²) < 4.78 is 0. The summed E-state index contributed by atoms with van der Waals surface area (Å²) in [5, 5.41) is 12.5. The number of anilines is 1. The zero-order valence-electron chi connectivity index (χ0n) is 12.8. The summed E-state index contributed by atoms with van der Waals surface area (Å²) >= 11 is 1.43. The van der Waals surface area contributed by atoms with Crippen LogP contribution in [-0.2, 0) is 12.8 Å². The van der Waals surface area contributed by atoms with Gasteiger partial charge in [-0.05, 0) is 31.0 Å². The second-order valence-corrected chi connectivity index (χ2v) is 6.37. The van der Waals surface area contributed by atoms with Crippen molar-refractivity contribution in [2.75, 3.05) is 5.32 Å². The van der Waals surface area contributed by atoms with E-state index in [1.807, 2.05) is 43.3 Å². The van der Waals surface area contributed by atoms with Crippen LogP contribution in [0.3, 0.4) is 0 Å². The number of nitrogens with one attached hydrogen (secondary N) is 1. The van der Waals surface area contributed by atoms with E-state index in [0.717, 1.165) is 23.4 Å². The molecule has 0 aliphatic rings. The molecule has 116 valence electrons. The molecule has 0 saturated heterocycles. The van der Waals surface area contributed by atoms with Crippen LogP contribution in [0.15, 0.2) is 54.6 Å². The summed E-state index contributed by atoms with van der Waals surface area (Å²) in [6, 6.07) is 17.7. The minimum Gasteiger partial charge on any atom is -0.296 e. The highest BCUT2D eigenvalue weighted by Crippen LogP contribution is 2.18. The predicted molar refractivity (Wildman–Crippen MR) is 92.9 cm³/mol. The van der Waals surface area contributed by atoms with Gasteiger partial charge < -0.3 is 0 Å². The lowest BCUT2D eigenvalue weighted by Gasteiger charge is -2.01. The van der Waals surface area contributed by atoms with Crippen LogP contribution in [0.5, 0.6) is 0 Å². The van der Waals surface area contributed by atoms with Gasteiger partial charge in [0, 0.05) is 12.0 Å². The van der Waals surface area contributed by atoms with Crippen molar-refractivity contribution in [1.82, 2.24) is 10.2 Å². The van der Waals surface area contributed by atoms with Crippen LogP contribution in [0.25, 0.3) is 0 Å². The molecule has 1 aromatic heterocycles. The molecule has 0 aliphatic heterocycles. The van der Waals surface area contributed by atoms with Crippen molar-refractivity contribution in [2.45, 2.75) is 19.8 Å². The number of aromatic nitrogens is 2. The summed E-state index contributed by atoms with van der Waals surface area (Å²) in [6.07, 6.45) is 1.74. The molecule has 2 aromatic carbocycles. The topological polar surface area (TPSA) is 54.9 Å². The first-order valence-electron chi connectivity index (χ1n) is 7.45. The average Bonchev–Trinajstić information content (AvgIpc) is 3.01. The van der Waals surface area contributed by atoms with Gasteiger partial charge in [-0.15, -0.1) is 10.2 Å². The van der Waals surface area contributed by atoms with Gasteiger partial charge in [-0.2, -0.15) is 0 Å². The van der Waals surface area contributed by atoms with Crippen LogP contribution in [-0.4, -0.2) is 16.1 Å². The van der Waals surface area contributed by atoms with Crippen LogP contribution < -0.4 is 5.32 Å². The van der Waals surface area contributed by atoms with Gasteiger partial charge in [0.15, 0.2) is 0 Å². The first-order chi connectivity index (χ1) is 11.2. The monoisotopic (exact) mass is 323 g/mol. The van der Waals surface area contributed by atoms with Gasteiger partial charge in [0.2, 0.25) is 5.13 Å². The number of carbonyl (C=O) groups excluding carboxylic acids is 1. The second kappa shape index (κ2) is 7.15. The minimum absolute atomic E-state index is 0.153. The number of aryl methyl sites for hydroxylation is 3. The molecule has 0 fully saturated rings. The molecule has 23 heavy (non-hydrogen) atoms. The molecule has 5 heteroatoms. The molecule has 1 N–H and O–H groups in total. The Morgan fingerprint density at radius 1 is 1.04 bits per heavy atom. The fraction of sp³-hybridized carbons (Fsp3) is 0.167. The van der Waals surface area contributed by atoms with Gasteiger partial charge in [0.25, 0.3) is 5.91 Å². The van der Waals surface area contributed by atoms with Gasteiger partial charge >= 0.3 is 0 Å². The molecule has 0 bridgehead atoms. The molecule has 3 rings (SSSR count). The number of carbonyl (C=O) groups is 1. The highest BCUT2D eigenvalue weighted by Gasteiger charge is 2.10. The number of amides is 1. The van der Waals surface area contributed by atoms with E-state index in [-0.39, 0.29) is 5.91 Å². The Morgan fingerprint density at radius 3 is 2.65 bits per heavy atom. The van der Waals surface area contributed by atoms with Crippen LogP contribution in [0.2, 0.25) is 0 Å². The van der Waals surface area contributed by atoms with E-state index in [1.54, 1.807) is 6.07 Å². The van der Waals surface area contributed by atoms with Gasteiger partial charge in [-0.3, -0.25) is 10.1 Å². The highest BCUT2D eigenvalue weighted by atomic mass is 32.1. The molecule has 3 aromatic rings. The Balaban J connectivity index is 1.60. The van der Waals surface area contributed by atoms with E-state index in [9.17, 15) is 4.79 Å². The lowest BCUT2D eigenvalue weighted by molar-refractivity contribution is 0.102. The number of benzene rings is 2. The van der Waals surface area contributed by atoms with Crippen LogP contribution >= 0.6 is 11.3 Å². The molecule has 0 unspecified atom stereocenters. The molecule has 0 atom stereocenters. The zero-order valence-corrected chi connectivity index (χ0v) is 13.6. The second-order valence-electron chi connectivity index (χ2n) is 5.31. The third-order valence-electron chi connectivity index (χ3n) is 3.44. The van der Waals surface area contributed by atoms with E-state index >= 15 is 0 Å². The molecule has 1 heterocycles. The maximum absolute atomic E-state index is 12.2. The van der Waals surface area contributed by atoms with E-state index in [4.69, 9.17) is 0 Å². The zero-order chi connectivity index (χ0) is 16.1. The van der Waals surface area contributed by atoms with E-state index in [0.29, 0.717) is 10.7 Å². The van der Waals surface area contributed by atoms with Gasteiger partial charge in [-0.1, -0.05) is 59.4 Å². The van der Waals surface area contributed by atoms with E-state index in [2.05, 4.69) is 27.6 Å². The third kappa shape index (κ3) is 4.23. The molecule has 0 saturated carbocycles. The Kier molecular flexibility index (Phi) is 4.78. The molecule has 4 nitrogen and oxygen atoms in total. The molecule has 0 aliphatic carbocycles. The van der Waals surface area contributed by atoms with Crippen LogP contribution in [0.4, 0.5) is 5.13 Å². The molecule has 0 radical (unpaired) electrons. The van der Waals surface area contributed by atoms with Crippen molar-refractivity contribution >= 4 is 22.4 Å². The molecular formula is C18H17N3OS. The number of rotatable bonds is 5. The number of hydrogen-bond acceptors (Lipinski definition) is 4. The van der Waals surface area contributed by atoms with Crippen molar-refractivity contribution < 1.29 is 4.79 Å². The lowest BCUT2D eigenvalue weighted by Crippen LogP contribution is -2.11. The van der Waals surface area contributed by atoms with Gasteiger partial charge in [0.05, 0.1) is 0 Å². The molecular weight excluding hydrogens is 306 g/mol. The first kappa shape index (κ1) is 15.4. The first-order valence-corrected chi connectivity index (χ1v) is 8.27. The van der Waals surface area contributed by atoms with E-state index in [1.165, 1.54) is 16.9 Å². The largest absolute Gasteiger partial charge is 0.296 e. The van der Waals surface area contributed by atoms with Crippen molar-refractivity contribution in [3.63, 3.8) is 0 Å². The number of nitrogens with zero attached hydrogens (tertiary/aromatic N) is 2. The summed E-state index contributed by atoms with van der Waals surface area (Å²) in [4.78, 5) is 12.2. The average molecular weight is 323 g/mol.